The van der Waals surface area contributed by atoms with Crippen LogP contribution < -0.4 is 25.5 Å². The molecule has 1 unspecified atom stereocenters. The van der Waals surface area contributed by atoms with Crippen molar-refractivity contribution in [1.29, 1.82) is 5.26 Å². The second-order valence-corrected chi connectivity index (χ2v) is 16.7. The van der Waals surface area contributed by atoms with Gasteiger partial charge in [0.2, 0.25) is 0 Å². The van der Waals surface area contributed by atoms with E-state index in [4.69, 9.17) is 19.7 Å². The number of carbonyl (C=O) groups is 3. The summed E-state index contributed by atoms with van der Waals surface area (Å²) in [5, 5.41) is 20.8. The number of carbonyl (C=O) groups excluding carboxylic acids is 3. The van der Waals surface area contributed by atoms with E-state index >= 15 is 4.39 Å². The first-order chi connectivity index (χ1) is 28.2. The molecule has 16 heteroatoms. The predicted molar refractivity (Wildman–Crippen MR) is 208 cm³/mol. The molecule has 1 aliphatic carbocycles. The van der Waals surface area contributed by atoms with Crippen LogP contribution in [0.25, 0.3) is 0 Å². The zero-order valence-corrected chi connectivity index (χ0v) is 32.4. The Morgan fingerprint density at radius 2 is 1.64 bits per heavy atom. The maximum absolute atomic E-state index is 15.4. The first-order valence-corrected chi connectivity index (χ1v) is 20.5. The molecule has 58 heavy (non-hydrogen) atoms. The molecule has 0 bridgehead atoms. The van der Waals surface area contributed by atoms with Gasteiger partial charge in [-0.2, -0.15) is 5.26 Å². The number of halogens is 1. The molecule has 2 N–H and O–H groups in total. The fraction of sp³-hybridized carbons (Fsp3) is 0.524. The quantitative estimate of drug-likeness (QED) is 0.297. The Bertz CT molecular complexity index is 2040. The molecule has 15 nitrogen and oxygen atoms in total. The predicted octanol–water partition coefficient (Wildman–Crippen LogP) is 4.20. The van der Waals surface area contributed by atoms with E-state index in [1.807, 2.05) is 23.1 Å². The smallest absolute Gasteiger partial charge is 0.272 e. The Morgan fingerprint density at radius 1 is 0.914 bits per heavy atom. The van der Waals surface area contributed by atoms with Crippen LogP contribution in [0.1, 0.15) is 94.6 Å². The van der Waals surface area contributed by atoms with Crippen LogP contribution in [0.4, 0.5) is 15.9 Å². The van der Waals surface area contributed by atoms with Gasteiger partial charge in [-0.05, 0) is 119 Å². The maximum Gasteiger partial charge on any atom is 0.272 e. The van der Waals surface area contributed by atoms with Crippen molar-refractivity contribution in [3.05, 3.63) is 76.7 Å². The number of hydrogen-bond acceptors (Lipinski definition) is 13. The van der Waals surface area contributed by atoms with Crippen molar-refractivity contribution in [2.75, 3.05) is 62.2 Å². The van der Waals surface area contributed by atoms with Crippen molar-refractivity contribution >= 4 is 29.2 Å². The summed E-state index contributed by atoms with van der Waals surface area (Å²) in [6, 6.07) is 15.7. The van der Waals surface area contributed by atoms with Gasteiger partial charge in [0.25, 0.3) is 17.7 Å². The van der Waals surface area contributed by atoms with Crippen LogP contribution in [0, 0.1) is 28.5 Å². The Hall–Kier alpha value is -5.21. The molecular weight excluding hydrogens is 746 g/mol. The number of likely N-dealkylation sites (tertiary alicyclic amines) is 1. The Balaban J connectivity index is 0.689. The number of fused-ring (bicyclic) bond motifs is 1. The molecule has 2 aromatic carbocycles. The molecule has 6 aliphatic rings. The summed E-state index contributed by atoms with van der Waals surface area (Å²) in [5.74, 6) is 0.418. The van der Waals surface area contributed by atoms with Crippen molar-refractivity contribution in [3.8, 4) is 11.8 Å². The monoisotopic (exact) mass is 793 g/mol. The summed E-state index contributed by atoms with van der Waals surface area (Å²) in [6.45, 7) is 6.59. The summed E-state index contributed by atoms with van der Waals surface area (Å²) >= 11 is 0. The molecule has 5 fully saturated rings. The minimum Gasteiger partial charge on any atom is -0.490 e. The number of rotatable bonds is 9. The van der Waals surface area contributed by atoms with Gasteiger partial charge in [-0.15, -0.1) is 10.2 Å². The second kappa shape index (κ2) is 16.2. The molecule has 5 aliphatic heterocycles. The first-order valence-electron chi connectivity index (χ1n) is 20.5. The number of hydrogen-bond donors (Lipinski definition) is 2. The highest BCUT2D eigenvalue weighted by molar-refractivity contribution is 6.22. The lowest BCUT2D eigenvalue weighted by Crippen LogP contribution is -2.61. The third kappa shape index (κ3) is 7.83. The highest BCUT2D eigenvalue weighted by atomic mass is 19.1. The third-order valence-electron chi connectivity index (χ3n) is 12.9. The molecule has 1 aromatic heterocycles. The average molecular weight is 794 g/mol. The summed E-state index contributed by atoms with van der Waals surface area (Å²) in [5.41, 5.74) is 3.98. The van der Waals surface area contributed by atoms with Gasteiger partial charge in [0.1, 0.15) is 11.6 Å². The Morgan fingerprint density at radius 3 is 2.29 bits per heavy atom. The van der Waals surface area contributed by atoms with Crippen molar-refractivity contribution in [2.45, 2.75) is 76.2 Å². The summed E-state index contributed by atoms with van der Waals surface area (Å²) in [6.07, 6.45) is 7.13. The molecule has 3 amide bonds. The van der Waals surface area contributed by atoms with Gasteiger partial charge in [0, 0.05) is 50.6 Å². The lowest BCUT2D eigenvalue weighted by Gasteiger charge is -2.55. The number of anilines is 2. The zero-order chi connectivity index (χ0) is 39.8. The fourth-order valence-electron chi connectivity index (χ4n) is 9.47. The summed E-state index contributed by atoms with van der Waals surface area (Å²) in [4.78, 5) is 57.3. The summed E-state index contributed by atoms with van der Waals surface area (Å²) < 4.78 is 21.5. The van der Waals surface area contributed by atoms with Crippen molar-refractivity contribution < 1.29 is 33.2 Å². The number of nitrogens with one attached hydrogen (secondary N) is 2. The molecule has 0 radical (unpaired) electrons. The number of piperidine rings is 2. The van der Waals surface area contributed by atoms with E-state index < -0.39 is 23.9 Å². The number of amides is 3. The van der Waals surface area contributed by atoms with E-state index in [0.29, 0.717) is 29.3 Å². The number of nitrogens with zero attached hydrogens (tertiary/aromatic N) is 7. The normalized spacial score (nSPS) is 25.0. The van der Waals surface area contributed by atoms with E-state index in [2.05, 4.69) is 37.0 Å². The molecule has 9 rings (SSSR count). The van der Waals surface area contributed by atoms with E-state index in [1.54, 1.807) is 18.2 Å². The number of imide groups is 1. The molecule has 1 atom stereocenters. The van der Waals surface area contributed by atoms with Crippen LogP contribution in [0.2, 0.25) is 0 Å². The minimum absolute atomic E-state index is 0.0637. The molecule has 6 heterocycles. The van der Waals surface area contributed by atoms with E-state index in [0.717, 1.165) is 114 Å². The zero-order valence-electron chi connectivity index (χ0n) is 32.4. The van der Waals surface area contributed by atoms with Gasteiger partial charge < -0.3 is 24.8 Å². The van der Waals surface area contributed by atoms with Crippen molar-refractivity contribution in [3.63, 3.8) is 0 Å². The summed E-state index contributed by atoms with van der Waals surface area (Å²) in [7, 11) is 0. The SMILES string of the molecule is N#Cc1ccc(OC2CCC(NC(=O)c3ccc(N4CCC(CN5CCC6(CC5)CN(c5cc7c(cc5F)C(=O)N(C5CCONO5)C7=O)C6)CC4)nn3)CC2)cc1. The molecule has 4 saturated heterocycles. The topological polar surface area (TPSA) is 165 Å². The molecule has 304 valence electrons. The maximum atomic E-state index is 15.4. The van der Waals surface area contributed by atoms with Crippen LogP contribution in [0.5, 0.6) is 5.75 Å². The van der Waals surface area contributed by atoms with Gasteiger partial charge >= 0.3 is 0 Å². The van der Waals surface area contributed by atoms with Crippen LogP contribution in [-0.2, 0) is 9.68 Å². The second-order valence-electron chi connectivity index (χ2n) is 16.7. The molecule has 3 aromatic rings. The lowest BCUT2D eigenvalue weighted by molar-refractivity contribution is -0.259. The number of nitriles is 1. The lowest BCUT2D eigenvalue weighted by atomic mass is 9.71. The van der Waals surface area contributed by atoms with Crippen LogP contribution in [0.15, 0.2) is 48.5 Å². The van der Waals surface area contributed by atoms with Gasteiger partial charge in [-0.1, -0.05) is 5.64 Å². The van der Waals surface area contributed by atoms with Crippen LogP contribution >= 0.6 is 0 Å². The highest BCUT2D eigenvalue weighted by Gasteiger charge is 2.48. The Kier molecular flexibility index (Phi) is 10.7. The minimum atomic E-state index is -0.807. The van der Waals surface area contributed by atoms with Gasteiger partial charge in [0.15, 0.2) is 17.7 Å². The van der Waals surface area contributed by atoms with E-state index in [-0.39, 0.29) is 41.2 Å². The molecule has 1 saturated carbocycles. The average Bonchev–Trinajstić information content (AvgIpc) is 3.49. The number of aromatic nitrogens is 2. The van der Waals surface area contributed by atoms with Crippen molar-refractivity contribution in [2.24, 2.45) is 11.3 Å². The fourth-order valence-corrected chi connectivity index (χ4v) is 9.47. The standard InChI is InChI=1S/C42H48FN9O6/c43-34-21-32-33(41(55)52(40(32)54)38-13-20-56-48-58-38)22-36(34)51-25-42(26-51)14-18-49(19-15-42)24-28-11-16-50(17-12-28)37-10-9-35(46-47-37)39(53)45-29-3-7-31(8-4-29)57-30-5-1-27(23-44)2-6-30/h1-2,5-6,9-10,21-22,28-29,31,38,48H,3-4,7-8,11-20,24-26H2,(H,45,53). The van der Waals surface area contributed by atoms with Gasteiger partial charge in [-0.3, -0.25) is 24.1 Å². The van der Waals surface area contributed by atoms with Gasteiger partial charge in [0.05, 0.1) is 41.2 Å². The van der Waals surface area contributed by atoms with E-state index in [1.165, 1.54) is 12.1 Å². The van der Waals surface area contributed by atoms with Crippen LogP contribution in [-0.4, -0.2) is 109 Å². The van der Waals surface area contributed by atoms with Crippen molar-refractivity contribution in [1.82, 2.24) is 31.0 Å². The number of benzene rings is 2. The van der Waals surface area contributed by atoms with E-state index in [9.17, 15) is 14.4 Å². The molecular formula is C42H48FN9O6. The third-order valence-corrected chi connectivity index (χ3v) is 12.9. The van der Waals surface area contributed by atoms with Crippen LogP contribution in [0.3, 0.4) is 0 Å². The first kappa shape index (κ1) is 38.3. The highest BCUT2D eigenvalue weighted by Crippen LogP contribution is 2.45. The Labute approximate surface area is 336 Å². The van der Waals surface area contributed by atoms with Gasteiger partial charge in [-0.25, -0.2) is 9.29 Å². The number of ether oxygens (including phenoxy) is 1. The largest absolute Gasteiger partial charge is 0.490 e. The molecule has 1 spiro atoms.